The minimum Gasteiger partial charge on any atom is -0.465 e. The minimum absolute atomic E-state index is 0.0153. The maximum absolute atomic E-state index is 13.4. The molecule has 2 heterocycles. The van der Waals surface area contributed by atoms with Gasteiger partial charge in [0.1, 0.15) is 22.7 Å². The largest absolute Gasteiger partial charge is 0.465 e. The Morgan fingerprint density at radius 3 is 2.65 bits per heavy atom. The summed E-state index contributed by atoms with van der Waals surface area (Å²) in [5.74, 6) is -2.66. The van der Waals surface area contributed by atoms with E-state index >= 15 is 0 Å². The molecule has 1 aromatic heterocycles. The van der Waals surface area contributed by atoms with E-state index in [1.807, 2.05) is 0 Å². The molecule has 3 N–H and O–H groups in total. The molecule has 3 unspecified atom stereocenters. The molecule has 2 aromatic rings. The zero-order valence-electron chi connectivity index (χ0n) is 20.4. The van der Waals surface area contributed by atoms with Crippen LogP contribution in [0.1, 0.15) is 41.1 Å². The van der Waals surface area contributed by atoms with Gasteiger partial charge in [0.25, 0.3) is 5.91 Å². The second kappa shape index (κ2) is 13.0. The van der Waals surface area contributed by atoms with Crippen LogP contribution in [0.2, 0.25) is 0 Å². The van der Waals surface area contributed by atoms with E-state index in [-0.39, 0.29) is 29.5 Å². The van der Waals surface area contributed by atoms with Gasteiger partial charge in [0.2, 0.25) is 11.8 Å². The van der Waals surface area contributed by atoms with E-state index in [9.17, 15) is 23.6 Å². The Morgan fingerprint density at radius 1 is 1.30 bits per heavy atom. The van der Waals surface area contributed by atoms with Crippen LogP contribution in [0.15, 0.2) is 46.0 Å². The lowest BCUT2D eigenvalue weighted by molar-refractivity contribution is -0.135. The lowest BCUT2D eigenvalue weighted by atomic mass is 9.91. The number of aryl methyl sites for hydroxylation is 1. The van der Waals surface area contributed by atoms with Gasteiger partial charge in [-0.2, -0.15) is 0 Å². The van der Waals surface area contributed by atoms with Gasteiger partial charge in [-0.3, -0.25) is 14.4 Å². The van der Waals surface area contributed by atoms with Crippen LogP contribution < -0.4 is 16.0 Å². The van der Waals surface area contributed by atoms with Crippen LogP contribution in [0.25, 0.3) is 0 Å². The van der Waals surface area contributed by atoms with Crippen LogP contribution in [0, 0.1) is 18.7 Å². The molecule has 1 aliphatic rings. The lowest BCUT2D eigenvalue weighted by Gasteiger charge is -2.27. The van der Waals surface area contributed by atoms with E-state index in [2.05, 4.69) is 25.8 Å². The number of hydrogen-bond donors (Lipinski definition) is 3. The molecule has 0 aliphatic carbocycles. The molecule has 3 rings (SSSR count). The summed E-state index contributed by atoms with van der Waals surface area (Å²) in [4.78, 5) is 50.4. The molecule has 10 nitrogen and oxygen atoms in total. The number of rotatable bonds is 10. The van der Waals surface area contributed by atoms with Crippen LogP contribution >= 0.6 is 11.6 Å². The fraction of sp³-hybridized carbons (Fsp3) is 0.400. The molecule has 3 atom stereocenters. The van der Waals surface area contributed by atoms with Crippen LogP contribution in [-0.4, -0.2) is 54.6 Å². The van der Waals surface area contributed by atoms with E-state index in [1.54, 1.807) is 6.92 Å². The quantitative estimate of drug-likeness (QED) is 0.313. The smallest absolute Gasteiger partial charge is 0.349 e. The average Bonchev–Trinajstić information content (AvgIpc) is 3.32. The Bertz CT molecular complexity index is 1170. The van der Waals surface area contributed by atoms with Crippen LogP contribution in [0.4, 0.5) is 4.39 Å². The second-order valence-corrected chi connectivity index (χ2v) is 9.07. The fourth-order valence-corrected chi connectivity index (χ4v) is 4.16. The summed E-state index contributed by atoms with van der Waals surface area (Å²) in [5.41, 5.74) is 0.572. The minimum atomic E-state index is -1.11. The second-order valence-electron chi connectivity index (χ2n) is 8.67. The highest BCUT2D eigenvalue weighted by atomic mass is 35.5. The number of hydrogen-bond acceptors (Lipinski definition) is 7. The molecule has 12 heteroatoms. The molecule has 198 valence electrons. The Hall–Kier alpha value is -3.73. The van der Waals surface area contributed by atoms with Crippen molar-refractivity contribution in [2.75, 3.05) is 13.7 Å². The molecule has 1 fully saturated rings. The van der Waals surface area contributed by atoms with Gasteiger partial charge in [0.05, 0.1) is 7.11 Å². The Labute approximate surface area is 217 Å². The summed E-state index contributed by atoms with van der Waals surface area (Å²) >= 11 is 6.07. The molecular weight excluding hydrogens is 507 g/mol. The highest BCUT2D eigenvalue weighted by Gasteiger charge is 2.29. The van der Waals surface area contributed by atoms with Crippen molar-refractivity contribution in [1.29, 1.82) is 0 Å². The lowest BCUT2D eigenvalue weighted by Crippen LogP contribution is -2.51. The van der Waals surface area contributed by atoms with Gasteiger partial charge in [0.15, 0.2) is 5.69 Å². The van der Waals surface area contributed by atoms with Gasteiger partial charge in [-0.25, -0.2) is 9.18 Å². The van der Waals surface area contributed by atoms with Gasteiger partial charge in [-0.05, 0) is 50.0 Å². The summed E-state index contributed by atoms with van der Waals surface area (Å²) in [7, 11) is 1.17. The molecule has 0 spiro atoms. The topological polar surface area (TPSA) is 140 Å². The first kappa shape index (κ1) is 27.9. The zero-order valence-corrected chi connectivity index (χ0v) is 21.1. The van der Waals surface area contributed by atoms with E-state index < -0.39 is 41.6 Å². The average molecular weight is 535 g/mol. The number of benzene rings is 1. The predicted octanol–water partition coefficient (Wildman–Crippen LogP) is 2.16. The van der Waals surface area contributed by atoms with Crippen molar-refractivity contribution in [2.45, 2.75) is 44.7 Å². The number of esters is 1. The van der Waals surface area contributed by atoms with Crippen molar-refractivity contribution in [3.05, 3.63) is 64.3 Å². The Morgan fingerprint density at radius 2 is 2.03 bits per heavy atom. The number of carbonyl (C=O) groups is 4. The molecule has 1 aliphatic heterocycles. The van der Waals surface area contributed by atoms with Gasteiger partial charge < -0.3 is 25.2 Å². The third-order valence-corrected chi connectivity index (χ3v) is 6.11. The van der Waals surface area contributed by atoms with Crippen molar-refractivity contribution in [3.8, 4) is 0 Å². The van der Waals surface area contributed by atoms with Crippen LogP contribution in [0.5, 0.6) is 0 Å². The number of nitrogens with one attached hydrogen (secondary N) is 3. The SMILES string of the molecule is COC(=O)C(Cl)=CC(CC1CCCNC1=O)NC(=O)C(Cc1ccc(F)cc1)NC(=O)c1cc(C)on1. The maximum atomic E-state index is 13.4. The van der Waals surface area contributed by atoms with Gasteiger partial charge in [-0.1, -0.05) is 28.9 Å². The van der Waals surface area contributed by atoms with Crippen LogP contribution in [0.3, 0.4) is 0 Å². The number of piperidine rings is 1. The maximum Gasteiger partial charge on any atom is 0.349 e. The van der Waals surface area contributed by atoms with Crippen molar-refractivity contribution in [3.63, 3.8) is 0 Å². The third kappa shape index (κ3) is 8.14. The fourth-order valence-electron chi connectivity index (χ4n) is 3.93. The van der Waals surface area contributed by atoms with Gasteiger partial charge >= 0.3 is 5.97 Å². The Balaban J connectivity index is 1.83. The summed E-state index contributed by atoms with van der Waals surface area (Å²) < 4.78 is 23.0. The predicted molar refractivity (Wildman–Crippen MR) is 131 cm³/mol. The number of amides is 3. The molecule has 1 aromatic carbocycles. The highest BCUT2D eigenvalue weighted by Crippen LogP contribution is 2.20. The number of halogens is 2. The standard InChI is InChI=1S/C25H28ClFN4O6/c1-14-10-21(31-37-14)24(34)30-20(11-15-5-7-17(27)8-6-15)23(33)29-18(13-19(26)25(35)36-2)12-16-4-3-9-28-22(16)32/h5-8,10,13,16,18,20H,3-4,9,11-12H2,1-2H3,(H,28,32)(H,29,33)(H,30,34). The van der Waals surface area contributed by atoms with Crippen LogP contribution in [-0.2, 0) is 25.5 Å². The molecule has 0 saturated carbocycles. The van der Waals surface area contributed by atoms with Gasteiger partial charge in [0, 0.05) is 31.0 Å². The van der Waals surface area contributed by atoms with E-state index in [0.717, 1.165) is 6.42 Å². The summed E-state index contributed by atoms with van der Waals surface area (Å²) in [6.45, 7) is 2.19. The Kier molecular flexibility index (Phi) is 9.78. The van der Waals surface area contributed by atoms with Crippen molar-refractivity contribution >= 4 is 35.3 Å². The number of nitrogens with zero attached hydrogens (tertiary/aromatic N) is 1. The highest BCUT2D eigenvalue weighted by molar-refractivity contribution is 6.41. The van der Waals surface area contributed by atoms with E-state index in [1.165, 1.54) is 43.5 Å². The van der Waals surface area contributed by atoms with Gasteiger partial charge in [-0.15, -0.1) is 0 Å². The number of carbonyl (C=O) groups excluding carboxylic acids is 4. The normalized spacial score (nSPS) is 17.4. The van der Waals surface area contributed by atoms with E-state index in [0.29, 0.717) is 24.3 Å². The monoisotopic (exact) mass is 534 g/mol. The number of ether oxygens (including phenoxy) is 1. The molecule has 3 amide bonds. The molecule has 0 bridgehead atoms. The third-order valence-electron chi connectivity index (χ3n) is 5.83. The molecule has 37 heavy (non-hydrogen) atoms. The summed E-state index contributed by atoms with van der Waals surface area (Å²) in [6, 6.07) is 4.98. The van der Waals surface area contributed by atoms with Crippen molar-refractivity contribution < 1.29 is 32.8 Å². The first-order chi connectivity index (χ1) is 17.7. The van der Waals surface area contributed by atoms with Crippen molar-refractivity contribution in [1.82, 2.24) is 21.1 Å². The number of aromatic nitrogens is 1. The molecular formula is C25H28ClFN4O6. The number of methoxy groups -OCH3 is 1. The first-order valence-electron chi connectivity index (χ1n) is 11.7. The van der Waals surface area contributed by atoms with E-state index in [4.69, 9.17) is 16.1 Å². The first-order valence-corrected chi connectivity index (χ1v) is 12.1. The summed E-state index contributed by atoms with van der Waals surface area (Å²) in [5, 5.41) is 11.6. The molecule has 1 saturated heterocycles. The summed E-state index contributed by atoms with van der Waals surface area (Å²) in [6.07, 6.45) is 2.88. The molecule has 0 radical (unpaired) electrons. The van der Waals surface area contributed by atoms with Crippen molar-refractivity contribution in [2.24, 2.45) is 5.92 Å². The zero-order chi connectivity index (χ0) is 26.9.